The minimum Gasteiger partial charge on any atom is -0.453 e. The Morgan fingerprint density at radius 2 is 1.05 bits per heavy atom. The number of carbonyl (C=O) groups excluding carboxylic acids is 4. The monoisotopic (exact) mass is 848 g/mol. The van der Waals surface area contributed by atoms with E-state index in [4.69, 9.17) is 19.4 Å². The van der Waals surface area contributed by atoms with Crippen molar-refractivity contribution in [2.24, 2.45) is 11.8 Å². The largest absolute Gasteiger partial charge is 0.453 e. The van der Waals surface area contributed by atoms with Gasteiger partial charge in [0.1, 0.15) is 23.7 Å². The van der Waals surface area contributed by atoms with Gasteiger partial charge in [-0.1, -0.05) is 39.8 Å². The molecule has 1 saturated carbocycles. The number of hydrogen-bond donors (Lipinski definition) is 4. The third-order valence-electron chi connectivity index (χ3n) is 14.0. The molecular weight excluding hydrogens is 785 g/mol. The smallest absolute Gasteiger partial charge is 0.407 e. The van der Waals surface area contributed by atoms with Crippen LogP contribution < -0.4 is 10.6 Å². The zero-order valence-corrected chi connectivity index (χ0v) is 37.3. The Morgan fingerprint density at radius 3 is 1.58 bits per heavy atom. The molecule has 4 atom stereocenters. The van der Waals surface area contributed by atoms with E-state index >= 15 is 0 Å². The fraction of sp³-hybridized carbons (Fsp3) is 0.583. The summed E-state index contributed by atoms with van der Waals surface area (Å²) in [5.74, 6) is 1.19. The summed E-state index contributed by atoms with van der Waals surface area (Å²) >= 11 is 0. The van der Waals surface area contributed by atoms with E-state index < -0.39 is 24.3 Å². The summed E-state index contributed by atoms with van der Waals surface area (Å²) in [5, 5.41) is 5.50. The summed E-state index contributed by atoms with van der Waals surface area (Å²) in [6.45, 7) is 8.96. The molecule has 0 radical (unpaired) electrons. The Hall–Kier alpha value is -5.40. The van der Waals surface area contributed by atoms with Crippen LogP contribution >= 0.6 is 0 Å². The number of hydrogen-bond acceptors (Lipinski definition) is 8. The number of aromatic nitrogens is 4. The average molecular weight is 849 g/mol. The maximum Gasteiger partial charge on any atom is 0.407 e. The molecule has 62 heavy (non-hydrogen) atoms. The van der Waals surface area contributed by atoms with Gasteiger partial charge in [0.05, 0.1) is 50.1 Å². The van der Waals surface area contributed by atoms with E-state index in [1.807, 2.05) is 49.9 Å². The molecular formula is C48H64N8O6. The number of imidazole rings is 2. The van der Waals surface area contributed by atoms with Gasteiger partial charge in [0.25, 0.3) is 0 Å². The second-order valence-corrected chi connectivity index (χ2v) is 18.4. The van der Waals surface area contributed by atoms with Gasteiger partial charge in [0.2, 0.25) is 11.8 Å². The number of amides is 4. The summed E-state index contributed by atoms with van der Waals surface area (Å²) in [4.78, 5) is 72.8. The van der Waals surface area contributed by atoms with E-state index in [0.717, 1.165) is 107 Å². The van der Waals surface area contributed by atoms with Crippen LogP contribution in [0.15, 0.2) is 35.7 Å². The third-order valence-corrected chi connectivity index (χ3v) is 14.0. The predicted octanol–water partition coefficient (Wildman–Crippen LogP) is 8.34. The van der Waals surface area contributed by atoms with Crippen LogP contribution in [0.3, 0.4) is 0 Å². The highest BCUT2D eigenvalue weighted by atomic mass is 16.5. The zero-order valence-electron chi connectivity index (χ0n) is 37.3. The van der Waals surface area contributed by atoms with Gasteiger partial charge in [-0.15, -0.1) is 0 Å². The lowest BCUT2D eigenvalue weighted by Gasteiger charge is -2.32. The number of H-pyrrole nitrogens is 2. The highest BCUT2D eigenvalue weighted by molar-refractivity contribution is 5.88. The van der Waals surface area contributed by atoms with Crippen molar-refractivity contribution < 1.29 is 28.7 Å². The number of benzene rings is 1. The van der Waals surface area contributed by atoms with Gasteiger partial charge in [-0.25, -0.2) is 19.6 Å². The molecule has 0 unspecified atom stereocenters. The molecule has 4 N–H and O–H groups in total. The number of alkyl carbamates (subject to hydrolysis) is 2. The van der Waals surface area contributed by atoms with Crippen molar-refractivity contribution in [3.8, 4) is 11.3 Å². The van der Waals surface area contributed by atoms with E-state index in [1.54, 1.807) is 0 Å². The lowest BCUT2D eigenvalue weighted by atomic mass is 9.73. The van der Waals surface area contributed by atoms with Crippen molar-refractivity contribution >= 4 is 35.1 Å². The normalized spacial score (nSPS) is 21.2. The van der Waals surface area contributed by atoms with Crippen molar-refractivity contribution in [1.82, 2.24) is 40.4 Å². The van der Waals surface area contributed by atoms with E-state index in [9.17, 15) is 19.2 Å². The number of fused-ring (bicyclic) bond motifs is 2. The first-order valence-corrected chi connectivity index (χ1v) is 23.0. The number of rotatable bonds is 11. The molecule has 8 rings (SSSR count). The Morgan fingerprint density at radius 1 is 0.597 bits per heavy atom. The molecule has 5 aliphatic rings. The first kappa shape index (κ1) is 43.3. The Bertz CT molecular complexity index is 2250. The summed E-state index contributed by atoms with van der Waals surface area (Å²) in [7, 11) is 2.63. The molecule has 0 bridgehead atoms. The van der Waals surface area contributed by atoms with Crippen LogP contribution in [0.4, 0.5) is 9.59 Å². The quantitative estimate of drug-likeness (QED) is 0.149. The van der Waals surface area contributed by atoms with Gasteiger partial charge < -0.3 is 39.9 Å². The van der Waals surface area contributed by atoms with Crippen molar-refractivity contribution in [3.63, 3.8) is 0 Å². The fourth-order valence-corrected chi connectivity index (χ4v) is 10.8. The van der Waals surface area contributed by atoms with Gasteiger partial charge in [-0.2, -0.15) is 0 Å². The molecule has 14 nitrogen and oxygen atoms in total. The van der Waals surface area contributed by atoms with E-state index in [0.29, 0.717) is 13.1 Å². The molecule has 3 aromatic rings. The van der Waals surface area contributed by atoms with Crippen molar-refractivity contribution in [3.05, 3.63) is 69.7 Å². The number of methoxy groups -OCH3 is 2. The lowest BCUT2D eigenvalue weighted by molar-refractivity contribution is -0.136. The average Bonchev–Trinajstić information content (AvgIpc) is 4.13. The first-order chi connectivity index (χ1) is 30.0. The second-order valence-electron chi connectivity index (χ2n) is 18.4. The number of carbonyl (C=O) groups is 4. The van der Waals surface area contributed by atoms with Crippen molar-refractivity contribution in [2.75, 3.05) is 27.3 Å². The van der Waals surface area contributed by atoms with Crippen LogP contribution in [0.25, 0.3) is 22.4 Å². The Labute approximate surface area is 365 Å². The summed E-state index contributed by atoms with van der Waals surface area (Å²) < 4.78 is 9.66. The topological polar surface area (TPSA) is 175 Å². The summed E-state index contributed by atoms with van der Waals surface area (Å²) in [5.41, 5.74) is 13.3. The molecule has 332 valence electrons. The molecule has 1 aromatic carbocycles. The summed E-state index contributed by atoms with van der Waals surface area (Å²) in [6, 6.07) is 2.93. The van der Waals surface area contributed by atoms with Gasteiger partial charge in [0, 0.05) is 18.7 Å². The number of ether oxygens (including phenoxy) is 2. The molecule has 4 amide bonds. The van der Waals surface area contributed by atoms with Crippen molar-refractivity contribution in [1.29, 1.82) is 0 Å². The van der Waals surface area contributed by atoms with Gasteiger partial charge in [-0.3, -0.25) is 9.59 Å². The SMILES string of the molecule is COC(=O)N[C@H](C(=O)N1CCC[C@H]1c1ncc(C2=C3CCCCC3=C(c3ccc(-c4cnc([C@@H]5CCCN5C(=O)[C@@H](NC(=O)OC)C(C)C)[nH]4)c4c3CCCC4)CC2)[nH]1)C(C)C. The number of nitrogens with zero attached hydrogens (tertiary/aromatic N) is 4. The standard InChI is InChI=1S/C48H64N8O6/c1-27(2)41(53-47(59)61-5)45(57)55-23-11-17-39(55)43-49-25-37(51-43)35-21-19-33(29-13-7-9-15-31(29)35)34-20-22-36(32-16-10-8-14-30(32)34)38-26-50-44(52-38)40-18-12-24-56(40)46(58)42(28(3)4)54-48(60)62-6/h19,21,25-28,39-42H,7-18,20,22-24H2,1-6H3,(H,49,51)(H,50,52)(H,53,59)(H,54,60)/t39-,40-,41-,42-/m0/s1. The molecule has 2 aromatic heterocycles. The number of aromatic amines is 2. The van der Waals surface area contributed by atoms with Crippen LogP contribution in [0.2, 0.25) is 0 Å². The number of likely N-dealkylation sites (tertiary alicyclic amines) is 2. The van der Waals surface area contributed by atoms with Gasteiger partial charge in [0.15, 0.2) is 0 Å². The number of allylic oxidation sites excluding steroid dienone is 4. The molecule has 2 saturated heterocycles. The van der Waals surface area contributed by atoms with Crippen LogP contribution in [0, 0.1) is 11.8 Å². The maximum atomic E-state index is 13.8. The van der Waals surface area contributed by atoms with Crippen LogP contribution in [0.5, 0.6) is 0 Å². The third kappa shape index (κ3) is 8.41. The number of nitrogens with one attached hydrogen (secondary N) is 4. The van der Waals surface area contributed by atoms with Crippen LogP contribution in [-0.2, 0) is 31.9 Å². The predicted molar refractivity (Wildman–Crippen MR) is 237 cm³/mol. The lowest BCUT2D eigenvalue weighted by Crippen LogP contribution is -2.51. The van der Waals surface area contributed by atoms with E-state index in [2.05, 4.69) is 32.7 Å². The molecule has 2 aliphatic heterocycles. The Kier molecular flexibility index (Phi) is 12.9. The molecule has 4 heterocycles. The minimum absolute atomic E-state index is 0.0930. The Balaban J connectivity index is 1.06. The fourth-order valence-electron chi connectivity index (χ4n) is 10.8. The first-order valence-electron chi connectivity index (χ1n) is 23.0. The van der Waals surface area contributed by atoms with E-state index in [-0.39, 0.29) is 35.7 Å². The second kappa shape index (κ2) is 18.5. The highest BCUT2D eigenvalue weighted by Gasteiger charge is 2.40. The zero-order chi connectivity index (χ0) is 43.7. The van der Waals surface area contributed by atoms with E-state index in [1.165, 1.54) is 65.2 Å². The molecule has 3 fully saturated rings. The molecule has 3 aliphatic carbocycles. The van der Waals surface area contributed by atoms with Gasteiger partial charge in [-0.05, 0) is 141 Å². The maximum absolute atomic E-state index is 13.8. The van der Waals surface area contributed by atoms with Crippen molar-refractivity contribution in [2.45, 2.75) is 142 Å². The van der Waals surface area contributed by atoms with Crippen LogP contribution in [-0.4, -0.2) is 93.1 Å². The van der Waals surface area contributed by atoms with Gasteiger partial charge >= 0.3 is 12.2 Å². The molecule has 14 heteroatoms. The summed E-state index contributed by atoms with van der Waals surface area (Å²) in [6.07, 6.45) is 16.8. The highest BCUT2D eigenvalue weighted by Crippen LogP contribution is 2.48. The van der Waals surface area contributed by atoms with Crippen LogP contribution in [0.1, 0.15) is 151 Å². The molecule has 0 spiro atoms. The minimum atomic E-state index is -0.679.